The van der Waals surface area contributed by atoms with Crippen molar-refractivity contribution in [2.75, 3.05) is 0 Å². The third-order valence-electron chi connectivity index (χ3n) is 13.1. The van der Waals surface area contributed by atoms with Crippen LogP contribution in [-0.2, 0) is 12.8 Å². The quantitative estimate of drug-likeness (QED) is 0.0793. The highest BCUT2D eigenvalue weighted by atomic mass is 15.3. The monoisotopic (exact) mass is 771 g/mol. The van der Waals surface area contributed by atoms with Crippen molar-refractivity contribution in [3.63, 3.8) is 0 Å². The van der Waals surface area contributed by atoms with Gasteiger partial charge in [-0.25, -0.2) is 4.99 Å². The van der Waals surface area contributed by atoms with Crippen molar-refractivity contribution in [2.45, 2.75) is 91.3 Å². The minimum Gasteiger partial charge on any atom is -0.350 e. The van der Waals surface area contributed by atoms with Crippen LogP contribution in [0.25, 0.3) is 60.3 Å². The van der Waals surface area contributed by atoms with Crippen LogP contribution in [0.15, 0.2) is 162 Å². The Labute approximate surface area is 351 Å². The van der Waals surface area contributed by atoms with E-state index in [0.717, 1.165) is 56.9 Å². The number of nitrogens with one attached hydrogen (secondary N) is 1. The lowest BCUT2D eigenvalue weighted by atomic mass is 9.83. The molecule has 0 bridgehead atoms. The van der Waals surface area contributed by atoms with Gasteiger partial charge in [0.1, 0.15) is 0 Å². The van der Waals surface area contributed by atoms with Crippen molar-refractivity contribution in [1.29, 1.82) is 0 Å². The molecule has 3 aliphatic rings. The SMILES string of the molecule is C=CCCCC1=C(C)N[C@H](n2c3c(c4c5ccccc5c(-c5cccc(-c6cc(C(/C=C\C)=C(\C)C=C)cc7ccccc67)c5)cc42)CCCC3)N=C1[C@@H]1CC=CCC1. The molecule has 0 saturated heterocycles. The highest BCUT2D eigenvalue weighted by Crippen LogP contribution is 2.45. The molecular formula is C56H57N3. The van der Waals surface area contributed by atoms with Gasteiger partial charge in [0.25, 0.3) is 0 Å². The minimum absolute atomic E-state index is 0.184. The molecule has 1 aromatic heterocycles. The minimum atomic E-state index is -0.184. The highest BCUT2D eigenvalue weighted by molar-refractivity contribution is 6.15. The van der Waals surface area contributed by atoms with Gasteiger partial charge in [-0.15, -0.1) is 6.58 Å². The molecular weight excluding hydrogens is 715 g/mol. The molecule has 0 radical (unpaired) electrons. The summed E-state index contributed by atoms with van der Waals surface area (Å²) in [4.78, 5) is 5.77. The zero-order valence-electron chi connectivity index (χ0n) is 35.2. The normalized spacial score (nSPS) is 18.6. The van der Waals surface area contributed by atoms with Gasteiger partial charge in [-0.2, -0.15) is 0 Å². The number of allylic oxidation sites excluding steroid dienone is 10. The maximum atomic E-state index is 5.77. The Balaban J connectivity index is 1.24. The molecule has 3 heteroatoms. The summed E-state index contributed by atoms with van der Waals surface area (Å²) < 4.78 is 2.61. The zero-order chi connectivity index (χ0) is 40.5. The molecule has 1 N–H and O–H groups in total. The van der Waals surface area contributed by atoms with E-state index < -0.39 is 0 Å². The van der Waals surface area contributed by atoms with E-state index in [2.05, 4.69) is 159 Å². The first-order valence-corrected chi connectivity index (χ1v) is 22.0. The largest absolute Gasteiger partial charge is 0.350 e. The predicted octanol–water partition coefficient (Wildman–Crippen LogP) is 15.2. The molecule has 0 amide bonds. The highest BCUT2D eigenvalue weighted by Gasteiger charge is 2.32. The first-order valence-electron chi connectivity index (χ1n) is 22.0. The first-order chi connectivity index (χ1) is 29.0. The molecule has 59 heavy (non-hydrogen) atoms. The molecule has 0 unspecified atom stereocenters. The molecule has 2 aliphatic carbocycles. The van der Waals surface area contributed by atoms with E-state index in [1.54, 1.807) is 0 Å². The molecule has 2 heterocycles. The van der Waals surface area contributed by atoms with E-state index in [9.17, 15) is 0 Å². The number of rotatable bonds is 11. The molecule has 296 valence electrons. The van der Waals surface area contributed by atoms with E-state index in [1.807, 2.05) is 12.2 Å². The Morgan fingerprint density at radius 2 is 1.63 bits per heavy atom. The fourth-order valence-electron chi connectivity index (χ4n) is 10.2. The van der Waals surface area contributed by atoms with E-state index in [1.165, 1.54) is 107 Å². The molecule has 0 fully saturated rings. The number of aliphatic imine (C=N–C) groups is 1. The maximum Gasteiger partial charge on any atom is 0.200 e. The van der Waals surface area contributed by atoms with Crippen LogP contribution in [0.3, 0.4) is 0 Å². The lowest BCUT2D eigenvalue weighted by Gasteiger charge is -2.33. The summed E-state index contributed by atoms with van der Waals surface area (Å²) in [7, 11) is 0. The number of aromatic nitrogens is 1. The zero-order valence-corrected chi connectivity index (χ0v) is 35.2. The maximum absolute atomic E-state index is 5.77. The third-order valence-corrected chi connectivity index (χ3v) is 13.1. The Bertz CT molecular complexity index is 2780. The van der Waals surface area contributed by atoms with Gasteiger partial charge in [0.2, 0.25) is 6.29 Å². The van der Waals surface area contributed by atoms with Crippen molar-refractivity contribution in [3.8, 4) is 22.3 Å². The van der Waals surface area contributed by atoms with Gasteiger partial charge in [-0.1, -0.05) is 110 Å². The second kappa shape index (κ2) is 16.7. The molecule has 3 nitrogen and oxygen atoms in total. The fraction of sp³-hybridized carbons (Fsp3) is 0.268. The average Bonchev–Trinajstić information content (AvgIpc) is 3.62. The molecule has 0 spiro atoms. The number of hydrogen-bond acceptors (Lipinski definition) is 2. The lowest BCUT2D eigenvalue weighted by molar-refractivity contribution is 0.435. The van der Waals surface area contributed by atoms with Crippen LogP contribution in [0.4, 0.5) is 0 Å². The van der Waals surface area contributed by atoms with Gasteiger partial charge in [0, 0.05) is 28.4 Å². The van der Waals surface area contributed by atoms with Crippen molar-refractivity contribution < 1.29 is 0 Å². The summed E-state index contributed by atoms with van der Waals surface area (Å²) in [6, 6.07) is 34.4. The second-order valence-electron chi connectivity index (χ2n) is 16.8. The van der Waals surface area contributed by atoms with Gasteiger partial charge in [-0.3, -0.25) is 0 Å². The van der Waals surface area contributed by atoms with Crippen LogP contribution in [0.1, 0.15) is 95.2 Å². The molecule has 2 atom stereocenters. The van der Waals surface area contributed by atoms with Crippen LogP contribution in [0.2, 0.25) is 0 Å². The number of nitrogens with zero attached hydrogens (tertiary/aromatic N) is 2. The van der Waals surface area contributed by atoms with Gasteiger partial charge >= 0.3 is 0 Å². The predicted molar refractivity (Wildman–Crippen MR) is 255 cm³/mol. The molecule has 5 aromatic carbocycles. The number of hydrogen-bond donors (Lipinski definition) is 1. The van der Waals surface area contributed by atoms with Crippen molar-refractivity contribution in [3.05, 3.63) is 174 Å². The first kappa shape index (κ1) is 38.6. The fourth-order valence-corrected chi connectivity index (χ4v) is 10.2. The summed E-state index contributed by atoms with van der Waals surface area (Å²) in [6.07, 6.45) is 24.0. The Hall–Kier alpha value is -5.93. The van der Waals surface area contributed by atoms with Crippen molar-refractivity contribution in [1.82, 2.24) is 9.88 Å². The van der Waals surface area contributed by atoms with Gasteiger partial charge in [0.05, 0.1) is 5.52 Å². The van der Waals surface area contributed by atoms with Crippen LogP contribution in [0, 0.1) is 5.92 Å². The Morgan fingerprint density at radius 1 is 0.864 bits per heavy atom. The van der Waals surface area contributed by atoms with Crippen molar-refractivity contribution in [2.24, 2.45) is 10.9 Å². The average molecular weight is 772 g/mol. The van der Waals surface area contributed by atoms with Crippen LogP contribution in [0.5, 0.6) is 0 Å². The summed E-state index contributed by atoms with van der Waals surface area (Å²) in [5, 5.41) is 10.5. The van der Waals surface area contributed by atoms with Gasteiger partial charge < -0.3 is 9.88 Å². The molecule has 1 aliphatic heterocycles. The topological polar surface area (TPSA) is 29.3 Å². The molecule has 6 aromatic rings. The van der Waals surface area contributed by atoms with Crippen LogP contribution < -0.4 is 5.32 Å². The number of unbranched alkanes of at least 4 members (excludes halogenated alkanes) is 1. The summed E-state index contributed by atoms with van der Waals surface area (Å²) >= 11 is 0. The summed E-state index contributed by atoms with van der Waals surface area (Å²) in [6.45, 7) is 14.7. The Kier molecular flexibility index (Phi) is 10.9. The number of benzene rings is 5. The van der Waals surface area contributed by atoms with E-state index in [0.29, 0.717) is 5.92 Å². The molecule has 9 rings (SSSR count). The van der Waals surface area contributed by atoms with E-state index >= 15 is 0 Å². The summed E-state index contributed by atoms with van der Waals surface area (Å²) in [5.74, 6) is 0.454. The van der Waals surface area contributed by atoms with E-state index in [-0.39, 0.29) is 6.29 Å². The standard InChI is InChI=1S/C56H57N3/c1-6-9-11-27-45-38(5)57-56(58-55(45)39-22-12-10-13-23-39)59-52-32-19-18-31-49(52)54-48-30-17-16-29-47(48)51(36-53(54)59)42-26-20-25-41(33-42)50-35-43(44(21-7-2)37(4)8-3)34-40-24-14-15-28-46(40)50/h6-8,10,12,14-17,20-21,24-26,28-30,33-36,39,56-57H,1,3,9,11,13,18-19,22-23,27,31-32H2,2,4-5H3/b21-7-,44-37+/t39-,56+/m1/s1. The van der Waals surface area contributed by atoms with Crippen molar-refractivity contribution >= 4 is 43.7 Å². The van der Waals surface area contributed by atoms with E-state index in [4.69, 9.17) is 4.99 Å². The second-order valence-corrected chi connectivity index (χ2v) is 16.8. The van der Waals surface area contributed by atoms with Gasteiger partial charge in [0.15, 0.2) is 0 Å². The Morgan fingerprint density at radius 3 is 2.39 bits per heavy atom. The summed E-state index contributed by atoms with van der Waals surface area (Å²) in [5.41, 5.74) is 16.8. The smallest absolute Gasteiger partial charge is 0.200 e. The lowest BCUT2D eigenvalue weighted by Crippen LogP contribution is -2.35. The van der Waals surface area contributed by atoms with Crippen LogP contribution in [-0.4, -0.2) is 10.3 Å². The number of fused-ring (bicyclic) bond motifs is 6. The van der Waals surface area contributed by atoms with Gasteiger partial charge in [-0.05, 0) is 181 Å². The third kappa shape index (κ3) is 7.16. The number of aryl methyl sites for hydroxylation is 1. The van der Waals surface area contributed by atoms with Crippen LogP contribution >= 0.6 is 0 Å². The molecule has 0 saturated carbocycles.